The zero-order chi connectivity index (χ0) is 14.7. The standard InChI is InChI=1S/C14H17BrN2O2S/c1-8(5-6-19-2)17-14(18)13-12(16)10-4-3-9(15)7-11(10)20-13/h3-4,7-8H,5-6,16H2,1-2H3,(H,17,18). The molecule has 2 rings (SSSR count). The topological polar surface area (TPSA) is 64.3 Å². The molecule has 1 heterocycles. The molecule has 1 atom stereocenters. The number of amides is 1. The highest BCUT2D eigenvalue weighted by molar-refractivity contribution is 9.10. The van der Waals surface area contributed by atoms with Gasteiger partial charge in [0.05, 0.1) is 5.69 Å². The lowest BCUT2D eigenvalue weighted by atomic mass is 10.2. The zero-order valence-corrected chi connectivity index (χ0v) is 13.8. The monoisotopic (exact) mass is 356 g/mol. The molecule has 0 aliphatic heterocycles. The van der Waals surface area contributed by atoms with Gasteiger partial charge < -0.3 is 15.8 Å². The molecule has 0 spiro atoms. The van der Waals surface area contributed by atoms with Crippen LogP contribution in [-0.4, -0.2) is 25.7 Å². The van der Waals surface area contributed by atoms with Crippen LogP contribution in [0.25, 0.3) is 10.1 Å². The molecule has 0 saturated heterocycles. The average molecular weight is 357 g/mol. The summed E-state index contributed by atoms with van der Waals surface area (Å²) in [6, 6.07) is 5.88. The molecule has 0 fully saturated rings. The number of hydrogen-bond donors (Lipinski definition) is 2. The highest BCUT2D eigenvalue weighted by Crippen LogP contribution is 2.35. The van der Waals surface area contributed by atoms with Gasteiger partial charge in [-0.05, 0) is 25.5 Å². The summed E-state index contributed by atoms with van der Waals surface area (Å²) in [5.74, 6) is -0.122. The second-order valence-corrected chi connectivity index (χ2v) is 6.61. The fraction of sp³-hybridized carbons (Fsp3) is 0.357. The van der Waals surface area contributed by atoms with E-state index in [1.165, 1.54) is 11.3 Å². The number of thiophene rings is 1. The van der Waals surface area contributed by atoms with Gasteiger partial charge in [0.1, 0.15) is 4.88 Å². The van der Waals surface area contributed by atoms with Crippen molar-refractivity contribution in [3.05, 3.63) is 27.5 Å². The van der Waals surface area contributed by atoms with Gasteiger partial charge >= 0.3 is 0 Å². The lowest BCUT2D eigenvalue weighted by Gasteiger charge is -2.12. The molecule has 3 N–H and O–H groups in total. The van der Waals surface area contributed by atoms with E-state index in [2.05, 4.69) is 21.2 Å². The number of carbonyl (C=O) groups excluding carboxylic acids is 1. The Morgan fingerprint density at radius 3 is 3.00 bits per heavy atom. The molecular weight excluding hydrogens is 340 g/mol. The number of hydrogen-bond acceptors (Lipinski definition) is 4. The number of benzene rings is 1. The minimum absolute atomic E-state index is 0.0544. The predicted octanol–water partition coefficient (Wildman–Crippen LogP) is 3.40. The maximum Gasteiger partial charge on any atom is 0.263 e. The first kappa shape index (κ1) is 15.3. The molecular formula is C14H17BrN2O2S. The molecule has 2 aromatic rings. The minimum atomic E-state index is -0.122. The number of nitrogens with one attached hydrogen (secondary N) is 1. The fourth-order valence-corrected chi connectivity index (χ4v) is 3.49. The molecule has 0 saturated carbocycles. The number of halogens is 1. The van der Waals surface area contributed by atoms with E-state index in [-0.39, 0.29) is 11.9 Å². The zero-order valence-electron chi connectivity index (χ0n) is 11.4. The van der Waals surface area contributed by atoms with Crippen LogP contribution < -0.4 is 11.1 Å². The molecule has 4 nitrogen and oxygen atoms in total. The largest absolute Gasteiger partial charge is 0.397 e. The second kappa shape index (κ2) is 6.56. The van der Waals surface area contributed by atoms with Gasteiger partial charge in [0, 0.05) is 34.3 Å². The van der Waals surface area contributed by atoms with Crippen molar-refractivity contribution in [3.63, 3.8) is 0 Å². The highest BCUT2D eigenvalue weighted by atomic mass is 79.9. The third-order valence-corrected chi connectivity index (χ3v) is 4.69. The first-order valence-corrected chi connectivity index (χ1v) is 7.91. The molecule has 1 amide bonds. The van der Waals surface area contributed by atoms with E-state index in [0.717, 1.165) is 21.0 Å². The van der Waals surface area contributed by atoms with Gasteiger partial charge in [-0.3, -0.25) is 4.79 Å². The van der Waals surface area contributed by atoms with Crippen molar-refractivity contribution in [2.45, 2.75) is 19.4 Å². The number of carbonyl (C=O) groups is 1. The molecule has 0 aliphatic rings. The Kier molecular flexibility index (Phi) is 5.01. The van der Waals surface area contributed by atoms with Crippen molar-refractivity contribution in [2.75, 3.05) is 19.5 Å². The van der Waals surface area contributed by atoms with Gasteiger partial charge in [0.25, 0.3) is 5.91 Å². The van der Waals surface area contributed by atoms with Crippen LogP contribution >= 0.6 is 27.3 Å². The van der Waals surface area contributed by atoms with Crippen LogP contribution in [0.4, 0.5) is 5.69 Å². The van der Waals surface area contributed by atoms with E-state index in [1.807, 2.05) is 25.1 Å². The quantitative estimate of drug-likeness (QED) is 0.862. The molecule has 6 heteroatoms. The van der Waals surface area contributed by atoms with Crippen LogP contribution in [0.5, 0.6) is 0 Å². The number of fused-ring (bicyclic) bond motifs is 1. The van der Waals surface area contributed by atoms with Crippen molar-refractivity contribution in [1.29, 1.82) is 0 Å². The van der Waals surface area contributed by atoms with Crippen molar-refractivity contribution in [2.24, 2.45) is 0 Å². The van der Waals surface area contributed by atoms with Gasteiger partial charge in [-0.15, -0.1) is 11.3 Å². The summed E-state index contributed by atoms with van der Waals surface area (Å²) < 4.78 is 6.99. The predicted molar refractivity (Wildman–Crippen MR) is 87.4 cm³/mol. The molecule has 1 aromatic carbocycles. The summed E-state index contributed by atoms with van der Waals surface area (Å²) in [6.07, 6.45) is 0.776. The number of rotatable bonds is 5. The first-order chi connectivity index (χ1) is 9.52. The van der Waals surface area contributed by atoms with E-state index >= 15 is 0 Å². The summed E-state index contributed by atoms with van der Waals surface area (Å²) in [4.78, 5) is 12.8. The van der Waals surface area contributed by atoms with Crippen LogP contribution in [0.1, 0.15) is 23.0 Å². The molecule has 108 valence electrons. The van der Waals surface area contributed by atoms with Gasteiger partial charge in [0.2, 0.25) is 0 Å². The number of methoxy groups -OCH3 is 1. The van der Waals surface area contributed by atoms with Gasteiger partial charge in [0.15, 0.2) is 0 Å². The SMILES string of the molecule is COCCC(C)NC(=O)c1sc2cc(Br)ccc2c1N. The summed E-state index contributed by atoms with van der Waals surface area (Å²) in [6.45, 7) is 2.58. The molecule has 0 aliphatic carbocycles. The highest BCUT2D eigenvalue weighted by Gasteiger charge is 2.17. The Balaban J connectivity index is 2.20. The Bertz CT molecular complexity index is 627. The van der Waals surface area contributed by atoms with E-state index in [1.54, 1.807) is 7.11 Å². The maximum atomic E-state index is 12.3. The number of anilines is 1. The van der Waals surface area contributed by atoms with Crippen LogP contribution in [0.15, 0.2) is 22.7 Å². The van der Waals surface area contributed by atoms with Gasteiger partial charge in [-0.2, -0.15) is 0 Å². The maximum absolute atomic E-state index is 12.3. The van der Waals surface area contributed by atoms with E-state index in [4.69, 9.17) is 10.5 Å². The summed E-state index contributed by atoms with van der Waals surface area (Å²) >= 11 is 4.84. The Morgan fingerprint density at radius 2 is 2.30 bits per heavy atom. The minimum Gasteiger partial charge on any atom is -0.397 e. The Morgan fingerprint density at radius 1 is 1.55 bits per heavy atom. The van der Waals surface area contributed by atoms with Crippen molar-refractivity contribution < 1.29 is 9.53 Å². The lowest BCUT2D eigenvalue weighted by molar-refractivity contribution is 0.0934. The van der Waals surface area contributed by atoms with Crippen LogP contribution in [-0.2, 0) is 4.74 Å². The Labute approximate surface area is 130 Å². The lowest BCUT2D eigenvalue weighted by Crippen LogP contribution is -2.33. The average Bonchev–Trinajstić information content (AvgIpc) is 2.73. The Hall–Kier alpha value is -1.11. The summed E-state index contributed by atoms with van der Waals surface area (Å²) in [5.41, 5.74) is 6.63. The molecule has 20 heavy (non-hydrogen) atoms. The second-order valence-electron chi connectivity index (χ2n) is 4.64. The van der Waals surface area contributed by atoms with Crippen molar-refractivity contribution in [3.8, 4) is 0 Å². The number of nitrogens with two attached hydrogens (primary N) is 1. The van der Waals surface area contributed by atoms with Crippen LogP contribution in [0.2, 0.25) is 0 Å². The normalized spacial score (nSPS) is 12.6. The van der Waals surface area contributed by atoms with Gasteiger partial charge in [-0.1, -0.05) is 22.0 Å². The number of ether oxygens (including phenoxy) is 1. The summed E-state index contributed by atoms with van der Waals surface area (Å²) in [7, 11) is 1.65. The molecule has 0 bridgehead atoms. The fourth-order valence-electron chi connectivity index (χ4n) is 1.92. The van der Waals surface area contributed by atoms with Crippen LogP contribution in [0.3, 0.4) is 0 Å². The van der Waals surface area contributed by atoms with Crippen molar-refractivity contribution >= 4 is 48.9 Å². The smallest absolute Gasteiger partial charge is 0.263 e. The van der Waals surface area contributed by atoms with E-state index in [9.17, 15) is 4.79 Å². The summed E-state index contributed by atoms with van der Waals surface area (Å²) in [5, 5.41) is 3.87. The van der Waals surface area contributed by atoms with Crippen molar-refractivity contribution in [1.82, 2.24) is 5.32 Å². The molecule has 0 radical (unpaired) electrons. The van der Waals surface area contributed by atoms with Gasteiger partial charge in [-0.25, -0.2) is 0 Å². The third kappa shape index (κ3) is 3.31. The van der Waals surface area contributed by atoms with E-state index in [0.29, 0.717) is 17.2 Å². The number of nitrogen functional groups attached to an aromatic ring is 1. The first-order valence-electron chi connectivity index (χ1n) is 6.30. The third-order valence-electron chi connectivity index (χ3n) is 3.03. The molecule has 1 unspecified atom stereocenters. The van der Waals surface area contributed by atoms with Crippen LogP contribution in [0, 0.1) is 0 Å². The molecule has 1 aromatic heterocycles. The van der Waals surface area contributed by atoms with E-state index < -0.39 is 0 Å².